The molecule has 0 aromatic rings. The van der Waals surface area contributed by atoms with E-state index in [9.17, 15) is 8.42 Å². The maximum Gasteiger partial charge on any atom is 0.281 e. The summed E-state index contributed by atoms with van der Waals surface area (Å²) in [6.45, 7) is 7.40. The standard InChI is InChI=1S/C14H31N3O2S/c1-3-5-9-16(10-6-4-2)20(18,19)17-11-7-14(13-15)8-12-17/h14H,3-13,15H2,1-2H3. The van der Waals surface area contributed by atoms with E-state index in [1.807, 2.05) is 0 Å². The Hall–Kier alpha value is -0.170. The zero-order valence-corrected chi connectivity index (χ0v) is 13.9. The second-order valence-electron chi connectivity index (χ2n) is 5.69. The van der Waals surface area contributed by atoms with Gasteiger partial charge in [-0.05, 0) is 38.1 Å². The van der Waals surface area contributed by atoms with E-state index in [0.717, 1.165) is 38.5 Å². The number of rotatable bonds is 9. The smallest absolute Gasteiger partial charge is 0.281 e. The Balaban J connectivity index is 2.66. The van der Waals surface area contributed by atoms with Crippen LogP contribution in [0.3, 0.4) is 0 Å². The van der Waals surface area contributed by atoms with Crippen LogP contribution in [0.2, 0.25) is 0 Å². The van der Waals surface area contributed by atoms with E-state index in [1.165, 1.54) is 0 Å². The van der Waals surface area contributed by atoms with E-state index in [2.05, 4.69) is 13.8 Å². The van der Waals surface area contributed by atoms with Crippen LogP contribution in [0.25, 0.3) is 0 Å². The van der Waals surface area contributed by atoms with Gasteiger partial charge in [-0.15, -0.1) is 0 Å². The first kappa shape index (κ1) is 17.9. The van der Waals surface area contributed by atoms with E-state index in [4.69, 9.17) is 5.73 Å². The van der Waals surface area contributed by atoms with E-state index < -0.39 is 10.2 Å². The van der Waals surface area contributed by atoms with Crippen LogP contribution in [0.15, 0.2) is 0 Å². The number of piperidine rings is 1. The lowest BCUT2D eigenvalue weighted by Crippen LogP contribution is -2.48. The molecular weight excluding hydrogens is 274 g/mol. The molecule has 6 heteroatoms. The summed E-state index contributed by atoms with van der Waals surface area (Å²) in [5.41, 5.74) is 5.67. The zero-order valence-electron chi connectivity index (χ0n) is 13.1. The second kappa shape index (κ2) is 8.97. The van der Waals surface area contributed by atoms with Crippen molar-refractivity contribution in [2.75, 3.05) is 32.7 Å². The van der Waals surface area contributed by atoms with E-state index in [1.54, 1.807) is 8.61 Å². The van der Waals surface area contributed by atoms with Gasteiger partial charge in [0.2, 0.25) is 0 Å². The summed E-state index contributed by atoms with van der Waals surface area (Å²) in [7, 11) is -3.27. The molecule has 0 aliphatic carbocycles. The Morgan fingerprint density at radius 2 is 1.60 bits per heavy atom. The predicted octanol–water partition coefficient (Wildman–Crippen LogP) is 1.80. The average Bonchev–Trinajstić information content (AvgIpc) is 2.47. The predicted molar refractivity (Wildman–Crippen MR) is 83.7 cm³/mol. The minimum Gasteiger partial charge on any atom is -0.330 e. The first-order valence-corrected chi connectivity index (χ1v) is 9.41. The van der Waals surface area contributed by atoms with Gasteiger partial charge in [0.25, 0.3) is 10.2 Å². The number of hydrogen-bond donors (Lipinski definition) is 1. The molecule has 5 nitrogen and oxygen atoms in total. The first-order chi connectivity index (χ1) is 9.56. The van der Waals surface area contributed by atoms with Crippen molar-refractivity contribution in [3.8, 4) is 0 Å². The summed E-state index contributed by atoms with van der Waals surface area (Å²) in [6.07, 6.45) is 5.70. The van der Waals surface area contributed by atoms with Gasteiger partial charge >= 0.3 is 0 Å². The molecule has 0 bridgehead atoms. The van der Waals surface area contributed by atoms with Crippen molar-refractivity contribution in [3.05, 3.63) is 0 Å². The third-order valence-corrected chi connectivity index (χ3v) is 6.12. The molecule has 1 saturated heterocycles. The molecule has 20 heavy (non-hydrogen) atoms. The molecule has 2 N–H and O–H groups in total. The summed E-state index contributed by atoms with van der Waals surface area (Å²) in [5.74, 6) is 0.487. The molecule has 0 radical (unpaired) electrons. The Morgan fingerprint density at radius 1 is 1.10 bits per heavy atom. The third-order valence-electron chi connectivity index (χ3n) is 4.08. The number of nitrogens with two attached hydrogens (primary N) is 1. The maximum atomic E-state index is 12.7. The summed E-state index contributed by atoms with van der Waals surface area (Å²) in [5, 5.41) is 0. The Kier molecular flexibility index (Phi) is 8.02. The number of unbranched alkanes of at least 4 members (excludes halogenated alkanes) is 2. The molecule has 1 heterocycles. The first-order valence-electron chi connectivity index (χ1n) is 8.01. The van der Waals surface area contributed by atoms with Crippen molar-refractivity contribution >= 4 is 10.2 Å². The Labute approximate surface area is 124 Å². The average molecular weight is 305 g/mol. The van der Waals surface area contributed by atoms with Gasteiger partial charge in [0.15, 0.2) is 0 Å². The van der Waals surface area contributed by atoms with Gasteiger partial charge in [0.05, 0.1) is 0 Å². The highest BCUT2D eigenvalue weighted by atomic mass is 32.2. The second-order valence-corrected chi connectivity index (χ2v) is 7.62. The zero-order chi connectivity index (χ0) is 15.0. The van der Waals surface area contributed by atoms with Crippen LogP contribution in [0.5, 0.6) is 0 Å². The minimum atomic E-state index is -3.27. The summed E-state index contributed by atoms with van der Waals surface area (Å²) in [4.78, 5) is 0. The van der Waals surface area contributed by atoms with Crippen LogP contribution in [-0.4, -0.2) is 49.8 Å². The van der Waals surface area contributed by atoms with Crippen LogP contribution in [0, 0.1) is 5.92 Å². The van der Waals surface area contributed by atoms with Gasteiger partial charge in [-0.1, -0.05) is 26.7 Å². The molecule has 0 spiro atoms. The Bertz CT molecular complexity index is 343. The SMILES string of the molecule is CCCCN(CCCC)S(=O)(=O)N1CCC(CN)CC1. The molecule has 1 aliphatic rings. The van der Waals surface area contributed by atoms with Gasteiger partial charge in [0.1, 0.15) is 0 Å². The van der Waals surface area contributed by atoms with Crippen LogP contribution in [-0.2, 0) is 10.2 Å². The third kappa shape index (κ3) is 4.98. The number of hydrogen-bond acceptors (Lipinski definition) is 3. The lowest BCUT2D eigenvalue weighted by molar-refractivity contribution is 0.255. The van der Waals surface area contributed by atoms with E-state index in [-0.39, 0.29) is 0 Å². The van der Waals surface area contributed by atoms with E-state index in [0.29, 0.717) is 38.6 Å². The summed E-state index contributed by atoms with van der Waals surface area (Å²) < 4.78 is 28.8. The van der Waals surface area contributed by atoms with Crippen LogP contribution in [0.4, 0.5) is 0 Å². The molecule has 0 unspecified atom stereocenters. The van der Waals surface area contributed by atoms with Crippen molar-refractivity contribution < 1.29 is 8.42 Å². The van der Waals surface area contributed by atoms with E-state index >= 15 is 0 Å². The van der Waals surface area contributed by atoms with Crippen molar-refractivity contribution in [2.45, 2.75) is 52.4 Å². The monoisotopic (exact) mass is 305 g/mol. The molecule has 1 aliphatic heterocycles. The van der Waals surface area contributed by atoms with Gasteiger partial charge in [-0.2, -0.15) is 17.0 Å². The molecule has 1 rings (SSSR count). The fourth-order valence-electron chi connectivity index (χ4n) is 2.55. The molecule has 0 saturated carbocycles. The molecule has 0 amide bonds. The summed E-state index contributed by atoms with van der Waals surface area (Å²) >= 11 is 0. The van der Waals surface area contributed by atoms with Crippen molar-refractivity contribution in [1.29, 1.82) is 0 Å². The normalized spacial score (nSPS) is 18.8. The van der Waals surface area contributed by atoms with Crippen molar-refractivity contribution in [1.82, 2.24) is 8.61 Å². The fourth-order valence-corrected chi connectivity index (χ4v) is 4.27. The van der Waals surface area contributed by atoms with Crippen molar-refractivity contribution in [3.63, 3.8) is 0 Å². The molecule has 120 valence electrons. The topological polar surface area (TPSA) is 66.6 Å². The minimum absolute atomic E-state index is 0.487. The van der Waals surface area contributed by atoms with Crippen LogP contribution in [0.1, 0.15) is 52.4 Å². The highest BCUT2D eigenvalue weighted by Gasteiger charge is 2.31. The molecule has 1 fully saturated rings. The molecule has 0 aromatic carbocycles. The largest absolute Gasteiger partial charge is 0.330 e. The number of nitrogens with zero attached hydrogens (tertiary/aromatic N) is 2. The van der Waals surface area contributed by atoms with Crippen LogP contribution < -0.4 is 5.73 Å². The molecule has 0 aromatic heterocycles. The van der Waals surface area contributed by atoms with Gasteiger partial charge < -0.3 is 5.73 Å². The van der Waals surface area contributed by atoms with Gasteiger partial charge in [-0.3, -0.25) is 0 Å². The van der Waals surface area contributed by atoms with Gasteiger partial charge in [0, 0.05) is 26.2 Å². The van der Waals surface area contributed by atoms with Crippen molar-refractivity contribution in [2.24, 2.45) is 11.7 Å². The molecular formula is C14H31N3O2S. The highest BCUT2D eigenvalue weighted by Crippen LogP contribution is 2.21. The molecule has 0 atom stereocenters. The van der Waals surface area contributed by atoms with Gasteiger partial charge in [-0.25, -0.2) is 0 Å². The lowest BCUT2D eigenvalue weighted by atomic mass is 9.99. The summed E-state index contributed by atoms with van der Waals surface area (Å²) in [6, 6.07) is 0. The Morgan fingerprint density at radius 3 is 2.00 bits per heavy atom. The quantitative estimate of drug-likeness (QED) is 0.706. The maximum absolute atomic E-state index is 12.7. The van der Waals surface area contributed by atoms with Crippen LogP contribution >= 0.6 is 0 Å². The highest BCUT2D eigenvalue weighted by molar-refractivity contribution is 7.86. The lowest BCUT2D eigenvalue weighted by Gasteiger charge is -2.34. The fraction of sp³-hybridized carbons (Fsp3) is 1.00.